The highest BCUT2D eigenvalue weighted by Crippen LogP contribution is 2.23. The molecular weight excluding hydrogens is 242 g/mol. The second kappa shape index (κ2) is 9.22. The first-order valence-corrected chi connectivity index (χ1v) is 8.42. The second-order valence-corrected chi connectivity index (χ2v) is 7.50. The molecule has 0 aliphatic carbocycles. The lowest BCUT2D eigenvalue weighted by Gasteiger charge is -2.34. The molecule has 2 nitrogen and oxygen atoms in total. The van der Waals surface area contributed by atoms with Crippen LogP contribution in [0.5, 0.6) is 0 Å². The highest BCUT2D eigenvalue weighted by atomic mass is 32.2. The van der Waals surface area contributed by atoms with E-state index in [0.29, 0.717) is 6.04 Å². The van der Waals surface area contributed by atoms with E-state index in [4.69, 9.17) is 0 Å². The first kappa shape index (κ1) is 18.3. The van der Waals surface area contributed by atoms with Crippen molar-refractivity contribution in [2.24, 2.45) is 5.92 Å². The average molecular weight is 276 g/mol. The van der Waals surface area contributed by atoms with Crippen LogP contribution in [-0.4, -0.2) is 34.3 Å². The number of hydrogen-bond donors (Lipinski definition) is 2. The lowest BCUT2D eigenvalue weighted by atomic mass is 9.91. The van der Waals surface area contributed by atoms with E-state index >= 15 is 0 Å². The molecule has 0 radical (unpaired) electrons. The Hall–Kier alpha value is 0.270. The predicted molar refractivity (Wildman–Crippen MR) is 84.4 cm³/mol. The first-order chi connectivity index (χ1) is 8.37. The molecule has 0 heterocycles. The van der Waals surface area contributed by atoms with Crippen molar-refractivity contribution in [3.63, 3.8) is 0 Å². The van der Waals surface area contributed by atoms with Crippen molar-refractivity contribution in [3.05, 3.63) is 0 Å². The Kier molecular flexibility index (Phi) is 9.36. The van der Waals surface area contributed by atoms with Gasteiger partial charge in [0.15, 0.2) is 0 Å². The van der Waals surface area contributed by atoms with E-state index in [0.717, 1.165) is 24.0 Å². The molecule has 0 fully saturated rings. The molecule has 0 aliphatic rings. The third kappa shape index (κ3) is 7.01. The summed E-state index contributed by atoms with van der Waals surface area (Å²) in [5.41, 5.74) is -0.0736. The van der Waals surface area contributed by atoms with Gasteiger partial charge >= 0.3 is 0 Å². The van der Waals surface area contributed by atoms with Crippen LogP contribution >= 0.6 is 11.8 Å². The highest BCUT2D eigenvalue weighted by molar-refractivity contribution is 7.99. The minimum Gasteiger partial charge on any atom is -0.394 e. The lowest BCUT2D eigenvalue weighted by Crippen LogP contribution is -2.51. The molecule has 110 valence electrons. The van der Waals surface area contributed by atoms with Crippen LogP contribution in [0.15, 0.2) is 0 Å². The summed E-state index contributed by atoms with van der Waals surface area (Å²) in [5.74, 6) is 1.94. The van der Waals surface area contributed by atoms with Gasteiger partial charge in [0.25, 0.3) is 0 Å². The zero-order chi connectivity index (χ0) is 14.2. The summed E-state index contributed by atoms with van der Waals surface area (Å²) in [6, 6.07) is 0.430. The molecule has 0 aromatic rings. The number of rotatable bonds is 10. The standard InChI is InChI=1S/C15H33NOS/c1-7-15(11-17,16-13(4)5)9-8-10-18-14(6)12(2)3/h12-14,16-17H,7-11H2,1-6H3. The smallest absolute Gasteiger partial charge is 0.0613 e. The molecule has 0 saturated carbocycles. The largest absolute Gasteiger partial charge is 0.394 e. The average Bonchev–Trinajstić information content (AvgIpc) is 2.32. The maximum atomic E-state index is 9.65. The summed E-state index contributed by atoms with van der Waals surface area (Å²) in [5, 5.41) is 13.9. The van der Waals surface area contributed by atoms with Crippen LogP contribution in [0.3, 0.4) is 0 Å². The van der Waals surface area contributed by atoms with Crippen molar-refractivity contribution < 1.29 is 5.11 Å². The maximum Gasteiger partial charge on any atom is 0.0613 e. The monoisotopic (exact) mass is 275 g/mol. The minimum absolute atomic E-state index is 0.0736. The molecule has 0 aromatic heterocycles. The Morgan fingerprint density at radius 1 is 1.17 bits per heavy atom. The number of aliphatic hydroxyl groups is 1. The van der Waals surface area contributed by atoms with Crippen molar-refractivity contribution in [3.8, 4) is 0 Å². The molecule has 0 amide bonds. The molecule has 0 aliphatic heterocycles. The Morgan fingerprint density at radius 2 is 1.78 bits per heavy atom. The third-order valence-corrected chi connectivity index (χ3v) is 5.29. The van der Waals surface area contributed by atoms with E-state index in [1.807, 2.05) is 0 Å². The Bertz CT molecular complexity index is 203. The summed E-state index contributed by atoms with van der Waals surface area (Å²) >= 11 is 2.06. The van der Waals surface area contributed by atoms with E-state index < -0.39 is 0 Å². The normalized spacial score (nSPS) is 17.2. The number of thioether (sulfide) groups is 1. The summed E-state index contributed by atoms with van der Waals surface area (Å²) < 4.78 is 0. The van der Waals surface area contributed by atoms with Crippen LogP contribution in [0, 0.1) is 5.92 Å². The fraction of sp³-hybridized carbons (Fsp3) is 1.00. The molecule has 0 bridgehead atoms. The van der Waals surface area contributed by atoms with Gasteiger partial charge in [0.1, 0.15) is 0 Å². The van der Waals surface area contributed by atoms with Gasteiger partial charge in [-0.05, 0) is 30.9 Å². The van der Waals surface area contributed by atoms with E-state index in [-0.39, 0.29) is 12.1 Å². The molecule has 2 N–H and O–H groups in total. The molecule has 18 heavy (non-hydrogen) atoms. The van der Waals surface area contributed by atoms with E-state index in [1.165, 1.54) is 12.2 Å². The first-order valence-electron chi connectivity index (χ1n) is 7.37. The Morgan fingerprint density at radius 3 is 2.17 bits per heavy atom. The molecule has 0 rings (SSSR count). The van der Waals surface area contributed by atoms with Gasteiger partial charge in [0.2, 0.25) is 0 Å². The van der Waals surface area contributed by atoms with Crippen LogP contribution in [0.25, 0.3) is 0 Å². The molecule has 2 atom stereocenters. The molecule has 0 spiro atoms. The molecule has 0 aromatic carbocycles. The topological polar surface area (TPSA) is 32.3 Å². The fourth-order valence-electron chi connectivity index (χ4n) is 2.07. The van der Waals surface area contributed by atoms with E-state index in [1.54, 1.807) is 0 Å². The summed E-state index contributed by atoms with van der Waals surface area (Å²) in [6.45, 7) is 13.6. The van der Waals surface area contributed by atoms with E-state index in [2.05, 4.69) is 58.6 Å². The van der Waals surface area contributed by atoms with Crippen LogP contribution in [-0.2, 0) is 0 Å². The number of aliphatic hydroxyl groups excluding tert-OH is 1. The van der Waals surface area contributed by atoms with Crippen LogP contribution in [0.2, 0.25) is 0 Å². The Labute approximate surface area is 118 Å². The van der Waals surface area contributed by atoms with Gasteiger partial charge in [-0.25, -0.2) is 0 Å². The van der Waals surface area contributed by atoms with Crippen LogP contribution in [0.4, 0.5) is 0 Å². The fourth-order valence-corrected chi connectivity index (χ4v) is 3.14. The van der Waals surface area contributed by atoms with Crippen molar-refractivity contribution in [1.82, 2.24) is 5.32 Å². The SMILES string of the molecule is CCC(CO)(CCCSC(C)C(C)C)NC(C)C. The minimum atomic E-state index is -0.0736. The van der Waals surface area contributed by atoms with Crippen molar-refractivity contribution in [2.75, 3.05) is 12.4 Å². The van der Waals surface area contributed by atoms with Crippen molar-refractivity contribution >= 4 is 11.8 Å². The van der Waals surface area contributed by atoms with Crippen molar-refractivity contribution in [2.45, 2.75) is 77.6 Å². The molecule has 0 saturated heterocycles. The quantitative estimate of drug-likeness (QED) is 0.597. The van der Waals surface area contributed by atoms with Crippen LogP contribution < -0.4 is 5.32 Å². The van der Waals surface area contributed by atoms with E-state index in [9.17, 15) is 5.11 Å². The maximum absolute atomic E-state index is 9.65. The molecular formula is C15H33NOS. The van der Waals surface area contributed by atoms with Gasteiger partial charge in [-0.3, -0.25) is 0 Å². The van der Waals surface area contributed by atoms with Gasteiger partial charge in [-0.1, -0.05) is 41.5 Å². The highest BCUT2D eigenvalue weighted by Gasteiger charge is 2.27. The summed E-state index contributed by atoms with van der Waals surface area (Å²) in [7, 11) is 0. The van der Waals surface area contributed by atoms with Crippen LogP contribution in [0.1, 0.15) is 60.8 Å². The summed E-state index contributed by atoms with van der Waals surface area (Å²) in [6.07, 6.45) is 3.23. The van der Waals surface area contributed by atoms with Gasteiger partial charge in [-0.15, -0.1) is 0 Å². The van der Waals surface area contributed by atoms with Gasteiger partial charge in [0, 0.05) is 16.8 Å². The third-order valence-electron chi connectivity index (χ3n) is 3.69. The van der Waals surface area contributed by atoms with Crippen molar-refractivity contribution in [1.29, 1.82) is 0 Å². The zero-order valence-electron chi connectivity index (χ0n) is 13.1. The number of nitrogens with one attached hydrogen (secondary N) is 1. The van der Waals surface area contributed by atoms with Gasteiger partial charge in [0.05, 0.1) is 6.61 Å². The second-order valence-electron chi connectivity index (χ2n) is 6.01. The Balaban J connectivity index is 4.05. The van der Waals surface area contributed by atoms with Gasteiger partial charge in [-0.2, -0.15) is 11.8 Å². The molecule has 2 unspecified atom stereocenters. The zero-order valence-corrected chi connectivity index (χ0v) is 13.9. The number of hydrogen-bond acceptors (Lipinski definition) is 3. The van der Waals surface area contributed by atoms with Gasteiger partial charge < -0.3 is 10.4 Å². The summed E-state index contributed by atoms with van der Waals surface area (Å²) in [4.78, 5) is 0. The molecule has 3 heteroatoms. The predicted octanol–water partition coefficient (Wildman–Crippen LogP) is 3.68. The lowest BCUT2D eigenvalue weighted by molar-refractivity contribution is 0.137.